The van der Waals surface area contributed by atoms with Gasteiger partial charge in [-0.1, -0.05) is 32.1 Å². The zero-order valence-corrected chi connectivity index (χ0v) is 10.5. The molecule has 0 aromatic carbocycles. The van der Waals surface area contributed by atoms with Crippen LogP contribution in [0, 0.1) is 5.92 Å². The van der Waals surface area contributed by atoms with Crippen LogP contribution < -0.4 is 5.73 Å². The van der Waals surface area contributed by atoms with Crippen LogP contribution >= 0.6 is 0 Å². The molecule has 2 N–H and O–H groups in total. The Morgan fingerprint density at radius 2 is 1.93 bits per heavy atom. The monoisotopic (exact) mass is 212 g/mol. The van der Waals surface area contributed by atoms with Crippen molar-refractivity contribution in [1.29, 1.82) is 0 Å². The first kappa shape index (κ1) is 13.0. The number of nitrogens with two attached hydrogens (primary N) is 1. The van der Waals surface area contributed by atoms with Crippen molar-refractivity contribution >= 4 is 0 Å². The highest BCUT2D eigenvalue weighted by atomic mass is 15.1. The molecule has 1 aliphatic rings. The predicted molar refractivity (Wildman–Crippen MR) is 67.0 cm³/mol. The van der Waals surface area contributed by atoms with Gasteiger partial charge in [0, 0.05) is 6.04 Å². The van der Waals surface area contributed by atoms with Gasteiger partial charge in [-0.3, -0.25) is 0 Å². The van der Waals surface area contributed by atoms with Crippen LogP contribution in [-0.4, -0.2) is 31.1 Å². The molecule has 1 saturated carbocycles. The van der Waals surface area contributed by atoms with Crippen LogP contribution in [0.2, 0.25) is 0 Å². The van der Waals surface area contributed by atoms with E-state index < -0.39 is 0 Å². The summed E-state index contributed by atoms with van der Waals surface area (Å²) in [7, 11) is 2.24. The number of hydrogen-bond acceptors (Lipinski definition) is 2. The Labute approximate surface area is 95.2 Å². The molecule has 0 amide bonds. The summed E-state index contributed by atoms with van der Waals surface area (Å²) in [6, 6.07) is 0.651. The van der Waals surface area contributed by atoms with Crippen molar-refractivity contribution in [2.24, 2.45) is 11.7 Å². The van der Waals surface area contributed by atoms with E-state index in [1.165, 1.54) is 45.1 Å². The lowest BCUT2D eigenvalue weighted by Crippen LogP contribution is -2.32. The summed E-state index contributed by atoms with van der Waals surface area (Å²) < 4.78 is 0. The minimum absolute atomic E-state index is 0.651. The fraction of sp³-hybridized carbons (Fsp3) is 1.00. The van der Waals surface area contributed by atoms with Gasteiger partial charge in [0.15, 0.2) is 0 Å². The lowest BCUT2D eigenvalue weighted by Gasteiger charge is -2.28. The van der Waals surface area contributed by atoms with Crippen molar-refractivity contribution < 1.29 is 0 Å². The molecular formula is C13H28N2. The molecule has 0 bridgehead atoms. The highest BCUT2D eigenvalue weighted by molar-refractivity contribution is 4.69. The van der Waals surface area contributed by atoms with Gasteiger partial charge >= 0.3 is 0 Å². The Morgan fingerprint density at radius 3 is 2.53 bits per heavy atom. The number of rotatable bonds is 6. The summed E-state index contributed by atoms with van der Waals surface area (Å²) in [6.07, 6.45) is 9.86. The SMILES string of the molecule is CC(CCN)N(C)CCC1CCCCC1. The third kappa shape index (κ3) is 4.98. The lowest BCUT2D eigenvalue weighted by atomic mass is 9.87. The second-order valence-electron chi connectivity index (χ2n) is 5.20. The van der Waals surface area contributed by atoms with Gasteiger partial charge < -0.3 is 10.6 Å². The van der Waals surface area contributed by atoms with Gasteiger partial charge in [-0.25, -0.2) is 0 Å². The highest BCUT2D eigenvalue weighted by Crippen LogP contribution is 2.26. The van der Waals surface area contributed by atoms with Crippen molar-refractivity contribution in [3.05, 3.63) is 0 Å². The Kier molecular flexibility index (Phi) is 6.26. The van der Waals surface area contributed by atoms with E-state index in [1.807, 2.05) is 0 Å². The molecule has 15 heavy (non-hydrogen) atoms. The van der Waals surface area contributed by atoms with E-state index in [9.17, 15) is 0 Å². The van der Waals surface area contributed by atoms with E-state index in [4.69, 9.17) is 5.73 Å². The van der Waals surface area contributed by atoms with E-state index >= 15 is 0 Å². The van der Waals surface area contributed by atoms with Crippen LogP contribution in [-0.2, 0) is 0 Å². The molecule has 1 fully saturated rings. The molecule has 0 aromatic heterocycles. The quantitative estimate of drug-likeness (QED) is 0.733. The molecule has 0 aliphatic heterocycles. The van der Waals surface area contributed by atoms with Crippen LogP contribution in [0.1, 0.15) is 51.9 Å². The molecule has 2 heteroatoms. The van der Waals surface area contributed by atoms with Crippen LogP contribution in [0.25, 0.3) is 0 Å². The Bertz CT molecular complexity index is 153. The zero-order chi connectivity index (χ0) is 11.1. The lowest BCUT2D eigenvalue weighted by molar-refractivity contribution is 0.215. The maximum atomic E-state index is 5.58. The molecule has 0 saturated heterocycles. The first-order chi connectivity index (χ1) is 7.24. The topological polar surface area (TPSA) is 29.3 Å². The Hall–Kier alpha value is -0.0800. The molecule has 2 nitrogen and oxygen atoms in total. The number of nitrogens with zero attached hydrogens (tertiary/aromatic N) is 1. The average molecular weight is 212 g/mol. The van der Waals surface area contributed by atoms with E-state index in [0.29, 0.717) is 6.04 Å². The van der Waals surface area contributed by atoms with Crippen molar-refractivity contribution in [2.45, 2.75) is 57.9 Å². The second kappa shape index (κ2) is 7.24. The van der Waals surface area contributed by atoms with E-state index in [2.05, 4.69) is 18.9 Å². The summed E-state index contributed by atoms with van der Waals surface area (Å²) in [6.45, 7) is 4.36. The maximum Gasteiger partial charge on any atom is 0.00758 e. The van der Waals surface area contributed by atoms with E-state index in [1.54, 1.807) is 0 Å². The highest BCUT2D eigenvalue weighted by Gasteiger charge is 2.15. The van der Waals surface area contributed by atoms with Gasteiger partial charge in [0.1, 0.15) is 0 Å². The van der Waals surface area contributed by atoms with Crippen molar-refractivity contribution in [3.63, 3.8) is 0 Å². The zero-order valence-electron chi connectivity index (χ0n) is 10.5. The van der Waals surface area contributed by atoms with Crippen LogP contribution in [0.4, 0.5) is 0 Å². The third-order valence-corrected chi connectivity index (χ3v) is 3.95. The largest absolute Gasteiger partial charge is 0.330 e. The summed E-state index contributed by atoms with van der Waals surface area (Å²) in [5.74, 6) is 1.01. The molecular weight excluding hydrogens is 184 g/mol. The maximum absolute atomic E-state index is 5.58. The van der Waals surface area contributed by atoms with Gasteiger partial charge in [0.05, 0.1) is 0 Å². The summed E-state index contributed by atoms with van der Waals surface area (Å²) in [5, 5.41) is 0. The van der Waals surface area contributed by atoms with E-state index in [-0.39, 0.29) is 0 Å². The first-order valence-corrected chi connectivity index (χ1v) is 6.64. The minimum atomic E-state index is 0.651. The normalized spacial score (nSPS) is 20.8. The van der Waals surface area contributed by atoms with Crippen LogP contribution in [0.5, 0.6) is 0 Å². The smallest absolute Gasteiger partial charge is 0.00758 e. The molecule has 90 valence electrons. The summed E-state index contributed by atoms with van der Waals surface area (Å²) in [5.41, 5.74) is 5.58. The van der Waals surface area contributed by atoms with Crippen LogP contribution in [0.15, 0.2) is 0 Å². The fourth-order valence-corrected chi connectivity index (χ4v) is 2.54. The molecule has 1 unspecified atom stereocenters. The van der Waals surface area contributed by atoms with Gasteiger partial charge in [-0.2, -0.15) is 0 Å². The molecule has 1 atom stereocenters. The summed E-state index contributed by atoms with van der Waals surface area (Å²) >= 11 is 0. The predicted octanol–water partition coefficient (Wildman–Crippen LogP) is 2.63. The molecule has 0 heterocycles. The molecule has 1 aliphatic carbocycles. The molecule has 0 radical (unpaired) electrons. The van der Waals surface area contributed by atoms with Gasteiger partial charge in [-0.05, 0) is 45.8 Å². The standard InChI is InChI=1S/C13H28N2/c1-12(8-10-14)15(2)11-9-13-6-4-3-5-7-13/h12-13H,3-11,14H2,1-2H3. The number of hydrogen-bond donors (Lipinski definition) is 1. The van der Waals surface area contributed by atoms with Gasteiger partial charge in [-0.15, -0.1) is 0 Å². The fourth-order valence-electron chi connectivity index (χ4n) is 2.54. The molecule has 0 aromatic rings. The van der Waals surface area contributed by atoms with Crippen molar-refractivity contribution in [2.75, 3.05) is 20.1 Å². The van der Waals surface area contributed by atoms with E-state index in [0.717, 1.165) is 18.9 Å². The van der Waals surface area contributed by atoms with Crippen LogP contribution in [0.3, 0.4) is 0 Å². The summed E-state index contributed by atoms with van der Waals surface area (Å²) in [4.78, 5) is 2.47. The third-order valence-electron chi connectivity index (χ3n) is 3.95. The van der Waals surface area contributed by atoms with Crippen molar-refractivity contribution in [3.8, 4) is 0 Å². The molecule has 1 rings (SSSR count). The first-order valence-electron chi connectivity index (χ1n) is 6.64. The minimum Gasteiger partial charge on any atom is -0.330 e. The second-order valence-corrected chi connectivity index (χ2v) is 5.20. The Morgan fingerprint density at radius 1 is 1.27 bits per heavy atom. The molecule has 0 spiro atoms. The Balaban J connectivity index is 2.11. The average Bonchev–Trinajstić information content (AvgIpc) is 2.27. The van der Waals surface area contributed by atoms with Gasteiger partial charge in [0.2, 0.25) is 0 Å². The van der Waals surface area contributed by atoms with Crippen molar-refractivity contribution in [1.82, 2.24) is 4.90 Å². The van der Waals surface area contributed by atoms with Gasteiger partial charge in [0.25, 0.3) is 0 Å².